The van der Waals surface area contributed by atoms with Gasteiger partial charge in [0.15, 0.2) is 0 Å². The van der Waals surface area contributed by atoms with Crippen LogP contribution >= 0.6 is 0 Å². The molecule has 0 aromatic carbocycles. The van der Waals surface area contributed by atoms with Gasteiger partial charge < -0.3 is 10.2 Å². The number of nitrogens with zero attached hydrogens (tertiary/aromatic N) is 2. The fourth-order valence-electron chi connectivity index (χ4n) is 4.70. The molecule has 0 aromatic rings. The number of rotatable bonds is 4. The highest BCUT2D eigenvalue weighted by Crippen LogP contribution is 2.32. The Bertz CT molecular complexity index is 310. The van der Waals surface area contributed by atoms with Crippen molar-refractivity contribution in [2.24, 2.45) is 11.8 Å². The summed E-state index contributed by atoms with van der Waals surface area (Å²) in [6.07, 6.45) is 8.74. The Morgan fingerprint density at radius 3 is 2.38 bits per heavy atom. The molecule has 0 spiro atoms. The van der Waals surface area contributed by atoms with Gasteiger partial charge >= 0.3 is 0 Å². The third-order valence-corrected chi connectivity index (χ3v) is 5.81. The number of piperazine rings is 1. The van der Waals surface area contributed by atoms with Crippen LogP contribution in [-0.2, 0) is 0 Å². The molecule has 2 saturated heterocycles. The fourth-order valence-corrected chi connectivity index (χ4v) is 4.70. The lowest BCUT2D eigenvalue weighted by Gasteiger charge is -2.43. The smallest absolute Gasteiger partial charge is 0.0197 e. The van der Waals surface area contributed by atoms with Crippen LogP contribution in [-0.4, -0.2) is 61.2 Å². The largest absolute Gasteiger partial charge is 0.310 e. The molecule has 0 amide bonds. The van der Waals surface area contributed by atoms with Gasteiger partial charge in [-0.3, -0.25) is 4.90 Å². The van der Waals surface area contributed by atoms with Crippen LogP contribution in [0.2, 0.25) is 0 Å². The third kappa shape index (κ3) is 4.43. The maximum Gasteiger partial charge on any atom is 0.0197 e. The van der Waals surface area contributed by atoms with Crippen molar-refractivity contribution < 1.29 is 0 Å². The first-order chi connectivity index (χ1) is 10.2. The Balaban J connectivity index is 1.39. The van der Waals surface area contributed by atoms with Gasteiger partial charge in [-0.05, 0) is 37.5 Å². The SMILES string of the molecule is CC(C)CN1CCN(CC2CCC3CCCCC3N2)CC1. The summed E-state index contributed by atoms with van der Waals surface area (Å²) in [5.41, 5.74) is 0. The molecule has 3 rings (SSSR count). The Kier molecular flexibility index (Phi) is 5.58. The predicted octanol–water partition coefficient (Wildman–Crippen LogP) is 2.57. The van der Waals surface area contributed by atoms with Crippen molar-refractivity contribution in [1.82, 2.24) is 15.1 Å². The molecular formula is C18H35N3. The van der Waals surface area contributed by atoms with Crippen molar-refractivity contribution in [2.75, 3.05) is 39.3 Å². The molecule has 2 aliphatic heterocycles. The first-order valence-corrected chi connectivity index (χ1v) is 9.41. The van der Waals surface area contributed by atoms with Crippen molar-refractivity contribution >= 4 is 0 Å². The molecule has 3 unspecified atom stereocenters. The van der Waals surface area contributed by atoms with E-state index in [0.29, 0.717) is 0 Å². The maximum atomic E-state index is 3.99. The molecule has 2 heterocycles. The highest BCUT2D eigenvalue weighted by Gasteiger charge is 2.32. The summed E-state index contributed by atoms with van der Waals surface area (Å²) in [4.78, 5) is 5.35. The van der Waals surface area contributed by atoms with Crippen molar-refractivity contribution in [1.29, 1.82) is 0 Å². The zero-order chi connectivity index (χ0) is 14.7. The van der Waals surface area contributed by atoms with E-state index in [-0.39, 0.29) is 0 Å². The number of piperidine rings is 1. The van der Waals surface area contributed by atoms with Crippen LogP contribution in [0.15, 0.2) is 0 Å². The molecule has 3 aliphatic rings. The van der Waals surface area contributed by atoms with Gasteiger partial charge in [0.05, 0.1) is 0 Å². The van der Waals surface area contributed by atoms with Gasteiger partial charge in [0, 0.05) is 51.4 Å². The van der Waals surface area contributed by atoms with Gasteiger partial charge in [-0.15, -0.1) is 0 Å². The molecule has 122 valence electrons. The van der Waals surface area contributed by atoms with Crippen LogP contribution in [0.1, 0.15) is 52.4 Å². The lowest BCUT2D eigenvalue weighted by Crippen LogP contribution is -2.55. The van der Waals surface area contributed by atoms with E-state index >= 15 is 0 Å². The minimum Gasteiger partial charge on any atom is -0.310 e. The molecule has 3 heteroatoms. The van der Waals surface area contributed by atoms with E-state index in [1.165, 1.54) is 77.8 Å². The predicted molar refractivity (Wildman–Crippen MR) is 89.6 cm³/mol. The highest BCUT2D eigenvalue weighted by atomic mass is 15.3. The Labute approximate surface area is 131 Å². The molecule has 21 heavy (non-hydrogen) atoms. The summed E-state index contributed by atoms with van der Waals surface area (Å²) in [5.74, 6) is 1.80. The van der Waals surface area contributed by atoms with E-state index in [0.717, 1.165) is 23.9 Å². The van der Waals surface area contributed by atoms with Gasteiger partial charge in [-0.2, -0.15) is 0 Å². The minimum atomic E-state index is 0.765. The average molecular weight is 293 g/mol. The van der Waals surface area contributed by atoms with Crippen molar-refractivity contribution in [3.8, 4) is 0 Å². The lowest BCUT2D eigenvalue weighted by atomic mass is 9.77. The topological polar surface area (TPSA) is 18.5 Å². The normalized spacial score (nSPS) is 35.9. The molecule has 0 radical (unpaired) electrons. The third-order valence-electron chi connectivity index (χ3n) is 5.81. The summed E-state index contributed by atoms with van der Waals surface area (Å²) in [5, 5.41) is 3.99. The van der Waals surface area contributed by atoms with E-state index in [4.69, 9.17) is 0 Å². The summed E-state index contributed by atoms with van der Waals surface area (Å²) >= 11 is 0. The maximum absolute atomic E-state index is 3.99. The van der Waals surface area contributed by atoms with Gasteiger partial charge in [0.1, 0.15) is 0 Å². The monoisotopic (exact) mass is 293 g/mol. The van der Waals surface area contributed by atoms with Crippen molar-refractivity contribution in [3.63, 3.8) is 0 Å². The van der Waals surface area contributed by atoms with Crippen LogP contribution in [0.25, 0.3) is 0 Å². The standard InChI is InChI=1S/C18H35N3/c1-15(2)13-20-9-11-21(12-10-20)14-17-8-7-16-5-3-4-6-18(16)19-17/h15-19H,3-14H2,1-2H3. The molecule has 1 saturated carbocycles. The number of hydrogen-bond acceptors (Lipinski definition) is 3. The molecule has 3 nitrogen and oxygen atoms in total. The number of nitrogens with one attached hydrogen (secondary N) is 1. The van der Waals surface area contributed by atoms with E-state index in [1.54, 1.807) is 0 Å². The van der Waals surface area contributed by atoms with Crippen molar-refractivity contribution in [3.05, 3.63) is 0 Å². The summed E-state index contributed by atoms with van der Waals surface area (Å²) in [6, 6.07) is 1.61. The minimum absolute atomic E-state index is 0.765. The molecule has 3 fully saturated rings. The van der Waals surface area contributed by atoms with E-state index in [2.05, 4.69) is 29.0 Å². The van der Waals surface area contributed by atoms with Gasteiger partial charge in [0.25, 0.3) is 0 Å². The Hall–Kier alpha value is -0.120. The summed E-state index contributed by atoms with van der Waals surface area (Å²) in [7, 11) is 0. The van der Waals surface area contributed by atoms with E-state index in [1.807, 2.05) is 0 Å². The second-order valence-corrected chi connectivity index (χ2v) is 8.09. The Morgan fingerprint density at radius 2 is 1.62 bits per heavy atom. The number of hydrogen-bond donors (Lipinski definition) is 1. The second kappa shape index (κ2) is 7.43. The second-order valence-electron chi connectivity index (χ2n) is 8.09. The van der Waals surface area contributed by atoms with Crippen LogP contribution in [0.4, 0.5) is 0 Å². The average Bonchev–Trinajstić information content (AvgIpc) is 2.49. The summed E-state index contributed by atoms with van der Waals surface area (Å²) in [6.45, 7) is 12.3. The first kappa shape index (κ1) is 15.8. The van der Waals surface area contributed by atoms with E-state index < -0.39 is 0 Å². The molecule has 3 atom stereocenters. The summed E-state index contributed by atoms with van der Waals surface area (Å²) < 4.78 is 0. The quantitative estimate of drug-likeness (QED) is 0.859. The zero-order valence-corrected chi connectivity index (χ0v) is 14.2. The Morgan fingerprint density at radius 1 is 0.905 bits per heavy atom. The van der Waals surface area contributed by atoms with Gasteiger partial charge in [-0.25, -0.2) is 0 Å². The van der Waals surface area contributed by atoms with Crippen LogP contribution in [0.5, 0.6) is 0 Å². The van der Waals surface area contributed by atoms with Crippen LogP contribution in [0, 0.1) is 11.8 Å². The van der Waals surface area contributed by atoms with Crippen molar-refractivity contribution in [2.45, 2.75) is 64.5 Å². The first-order valence-electron chi connectivity index (χ1n) is 9.41. The van der Waals surface area contributed by atoms with Crippen LogP contribution < -0.4 is 5.32 Å². The fraction of sp³-hybridized carbons (Fsp3) is 1.00. The van der Waals surface area contributed by atoms with Gasteiger partial charge in [0.2, 0.25) is 0 Å². The zero-order valence-electron chi connectivity index (χ0n) is 14.2. The molecule has 0 aromatic heterocycles. The molecule has 1 N–H and O–H groups in total. The molecular weight excluding hydrogens is 258 g/mol. The molecule has 1 aliphatic carbocycles. The number of fused-ring (bicyclic) bond motifs is 1. The van der Waals surface area contributed by atoms with E-state index in [9.17, 15) is 0 Å². The lowest BCUT2D eigenvalue weighted by molar-refractivity contribution is 0.0943. The highest BCUT2D eigenvalue weighted by molar-refractivity contribution is 4.91. The van der Waals surface area contributed by atoms with Crippen LogP contribution in [0.3, 0.4) is 0 Å². The van der Waals surface area contributed by atoms with Gasteiger partial charge in [-0.1, -0.05) is 26.7 Å². The molecule has 0 bridgehead atoms.